The molecule has 7 heteroatoms. The Hall–Kier alpha value is -2.83. The zero-order chi connectivity index (χ0) is 20.7. The number of rotatable bonds is 9. The van der Waals surface area contributed by atoms with Gasteiger partial charge in [0.25, 0.3) is 11.8 Å². The third-order valence-corrected chi connectivity index (χ3v) is 4.86. The van der Waals surface area contributed by atoms with Gasteiger partial charge in [-0.15, -0.1) is 0 Å². The van der Waals surface area contributed by atoms with E-state index in [1.165, 1.54) is 0 Å². The maximum Gasteiger partial charge on any atom is 0.287 e. The molecular formula is C21H26N2O5. The van der Waals surface area contributed by atoms with E-state index in [-0.39, 0.29) is 24.5 Å². The van der Waals surface area contributed by atoms with Gasteiger partial charge in [-0.05, 0) is 24.3 Å². The smallest absolute Gasteiger partial charge is 0.287 e. The second-order valence-electron chi connectivity index (χ2n) is 7.38. The van der Waals surface area contributed by atoms with Crippen LogP contribution in [-0.2, 0) is 30.4 Å². The number of ketones is 3. The van der Waals surface area contributed by atoms with E-state index in [9.17, 15) is 24.0 Å². The molecule has 0 aromatic heterocycles. The number of nitrogens with one attached hydrogen (secondary N) is 2. The van der Waals surface area contributed by atoms with Crippen molar-refractivity contribution in [1.29, 1.82) is 0 Å². The van der Waals surface area contributed by atoms with Gasteiger partial charge < -0.3 is 10.6 Å². The average molecular weight is 386 g/mol. The molecule has 7 nitrogen and oxygen atoms in total. The van der Waals surface area contributed by atoms with Crippen LogP contribution in [0.25, 0.3) is 0 Å². The first kappa shape index (κ1) is 21.5. The molecule has 1 aromatic rings. The number of amides is 2. The molecule has 0 radical (unpaired) electrons. The molecule has 1 saturated heterocycles. The monoisotopic (exact) mass is 386 g/mol. The van der Waals surface area contributed by atoms with Crippen LogP contribution < -0.4 is 10.6 Å². The third-order valence-electron chi connectivity index (χ3n) is 4.86. The lowest BCUT2D eigenvalue weighted by atomic mass is 9.86. The van der Waals surface area contributed by atoms with Crippen molar-refractivity contribution in [3.05, 3.63) is 35.9 Å². The highest BCUT2D eigenvalue weighted by Crippen LogP contribution is 2.17. The van der Waals surface area contributed by atoms with Gasteiger partial charge in [-0.2, -0.15) is 0 Å². The van der Waals surface area contributed by atoms with Crippen LogP contribution in [-0.4, -0.2) is 41.8 Å². The lowest BCUT2D eigenvalue weighted by Gasteiger charge is -2.25. The van der Waals surface area contributed by atoms with E-state index in [0.717, 1.165) is 5.56 Å². The molecule has 0 spiro atoms. The minimum Gasteiger partial charge on any atom is -0.349 e. The van der Waals surface area contributed by atoms with Gasteiger partial charge in [-0.3, -0.25) is 24.0 Å². The van der Waals surface area contributed by atoms with Gasteiger partial charge in [0.2, 0.25) is 11.6 Å². The summed E-state index contributed by atoms with van der Waals surface area (Å²) in [5, 5.41) is 4.97. The molecule has 1 heterocycles. The van der Waals surface area contributed by atoms with Gasteiger partial charge in [0, 0.05) is 25.3 Å². The van der Waals surface area contributed by atoms with Crippen LogP contribution in [0.5, 0.6) is 0 Å². The number of hydrogen-bond acceptors (Lipinski definition) is 5. The van der Waals surface area contributed by atoms with Crippen LogP contribution in [0.3, 0.4) is 0 Å². The van der Waals surface area contributed by atoms with E-state index in [0.29, 0.717) is 19.4 Å². The first-order valence-electron chi connectivity index (χ1n) is 9.52. The molecule has 28 heavy (non-hydrogen) atoms. The minimum absolute atomic E-state index is 0.0517. The summed E-state index contributed by atoms with van der Waals surface area (Å²) in [4.78, 5) is 60.4. The van der Waals surface area contributed by atoms with Gasteiger partial charge >= 0.3 is 0 Å². The Balaban J connectivity index is 1.92. The lowest BCUT2D eigenvalue weighted by molar-refractivity contribution is -0.143. The number of aryl methyl sites for hydroxylation is 1. The third kappa shape index (κ3) is 5.84. The molecule has 1 aliphatic heterocycles. The molecule has 0 bridgehead atoms. The summed E-state index contributed by atoms with van der Waals surface area (Å²) >= 11 is 0. The molecular weight excluding hydrogens is 360 g/mol. The zero-order valence-electron chi connectivity index (χ0n) is 16.2. The van der Waals surface area contributed by atoms with Crippen LogP contribution in [0.1, 0.15) is 38.7 Å². The SMILES string of the molecule is CC(C)C(NC(=O)C(=O)CCc1ccccc1)C(=O)CC1CCNC(=O)C1=O. The Labute approximate surface area is 164 Å². The molecule has 2 amide bonds. The number of carbonyl (C=O) groups excluding carboxylic acids is 5. The Morgan fingerprint density at radius 1 is 1.14 bits per heavy atom. The highest BCUT2D eigenvalue weighted by Gasteiger charge is 2.34. The standard InChI is InChI=1S/C21H26N2O5/c1-13(2)18(17(25)12-15-10-11-22-21(28)19(15)26)23-20(27)16(24)9-8-14-6-4-3-5-7-14/h3-7,13,15,18H,8-12H2,1-2H3,(H,22,28)(H,23,27). The van der Waals surface area contributed by atoms with Crippen LogP contribution in [0.2, 0.25) is 0 Å². The number of carbonyl (C=O) groups is 5. The van der Waals surface area contributed by atoms with Crippen LogP contribution in [0.4, 0.5) is 0 Å². The predicted molar refractivity (Wildman–Crippen MR) is 102 cm³/mol. The van der Waals surface area contributed by atoms with Gasteiger partial charge in [0.15, 0.2) is 5.78 Å². The fourth-order valence-corrected chi connectivity index (χ4v) is 3.18. The van der Waals surface area contributed by atoms with Crippen molar-refractivity contribution < 1.29 is 24.0 Å². The maximum absolute atomic E-state index is 12.6. The summed E-state index contributed by atoms with van der Waals surface area (Å²) in [6.45, 7) is 3.86. The second-order valence-corrected chi connectivity index (χ2v) is 7.38. The number of piperidine rings is 1. The highest BCUT2D eigenvalue weighted by molar-refractivity contribution is 6.38. The van der Waals surface area contributed by atoms with E-state index >= 15 is 0 Å². The fourth-order valence-electron chi connectivity index (χ4n) is 3.18. The summed E-state index contributed by atoms with van der Waals surface area (Å²) in [5.74, 6) is -3.92. The van der Waals surface area contributed by atoms with E-state index in [1.807, 2.05) is 30.3 Å². The molecule has 2 rings (SSSR count). The number of hydrogen-bond donors (Lipinski definition) is 2. The Morgan fingerprint density at radius 3 is 2.46 bits per heavy atom. The first-order valence-corrected chi connectivity index (χ1v) is 9.52. The summed E-state index contributed by atoms with van der Waals surface area (Å²) in [6, 6.07) is 8.48. The largest absolute Gasteiger partial charge is 0.349 e. The quantitative estimate of drug-likeness (QED) is 0.615. The Kier molecular flexibility index (Phi) is 7.61. The summed E-state index contributed by atoms with van der Waals surface area (Å²) < 4.78 is 0. The normalized spacial score (nSPS) is 17.8. The number of Topliss-reactive ketones (excluding diaryl/α,β-unsaturated/α-hetero) is 3. The summed E-state index contributed by atoms with van der Waals surface area (Å²) in [5.41, 5.74) is 0.953. The molecule has 150 valence electrons. The van der Waals surface area contributed by atoms with Crippen molar-refractivity contribution in [2.24, 2.45) is 11.8 Å². The van der Waals surface area contributed by atoms with Gasteiger partial charge in [-0.1, -0.05) is 44.2 Å². The van der Waals surface area contributed by atoms with Crippen molar-refractivity contribution in [2.75, 3.05) is 6.54 Å². The Bertz CT molecular complexity index is 757. The number of benzene rings is 1. The van der Waals surface area contributed by atoms with E-state index in [2.05, 4.69) is 10.6 Å². The molecule has 1 aliphatic rings. The molecule has 1 aromatic carbocycles. The Morgan fingerprint density at radius 2 is 1.82 bits per heavy atom. The minimum atomic E-state index is -0.869. The van der Waals surface area contributed by atoms with Crippen LogP contribution >= 0.6 is 0 Å². The zero-order valence-corrected chi connectivity index (χ0v) is 16.2. The molecule has 0 aliphatic carbocycles. The molecule has 2 N–H and O–H groups in total. The molecule has 1 fully saturated rings. The lowest BCUT2D eigenvalue weighted by Crippen LogP contribution is -2.49. The van der Waals surface area contributed by atoms with Gasteiger partial charge in [-0.25, -0.2) is 0 Å². The highest BCUT2D eigenvalue weighted by atomic mass is 16.2. The van der Waals surface area contributed by atoms with Crippen LogP contribution in [0, 0.1) is 11.8 Å². The van der Waals surface area contributed by atoms with Crippen LogP contribution in [0.15, 0.2) is 30.3 Å². The topological polar surface area (TPSA) is 109 Å². The fraction of sp³-hybridized carbons (Fsp3) is 0.476. The molecule has 0 saturated carbocycles. The molecule has 2 atom stereocenters. The second kappa shape index (κ2) is 9.92. The van der Waals surface area contributed by atoms with Crippen molar-refractivity contribution in [3.8, 4) is 0 Å². The average Bonchev–Trinajstić information content (AvgIpc) is 2.68. The predicted octanol–water partition coefficient (Wildman–Crippen LogP) is 0.993. The first-order chi connectivity index (χ1) is 13.3. The maximum atomic E-state index is 12.6. The van der Waals surface area contributed by atoms with Gasteiger partial charge in [0.05, 0.1) is 6.04 Å². The van der Waals surface area contributed by atoms with E-state index in [4.69, 9.17) is 0 Å². The van der Waals surface area contributed by atoms with E-state index in [1.54, 1.807) is 13.8 Å². The summed E-state index contributed by atoms with van der Waals surface area (Å²) in [6.07, 6.45) is 0.772. The summed E-state index contributed by atoms with van der Waals surface area (Å²) in [7, 11) is 0. The van der Waals surface area contributed by atoms with Gasteiger partial charge in [0.1, 0.15) is 0 Å². The molecule has 2 unspecified atom stereocenters. The van der Waals surface area contributed by atoms with Crippen molar-refractivity contribution >= 4 is 29.2 Å². The van der Waals surface area contributed by atoms with Crippen molar-refractivity contribution in [1.82, 2.24) is 10.6 Å². The van der Waals surface area contributed by atoms with Crippen molar-refractivity contribution in [3.63, 3.8) is 0 Å². The van der Waals surface area contributed by atoms with E-state index < -0.39 is 35.3 Å². The van der Waals surface area contributed by atoms with Crippen molar-refractivity contribution in [2.45, 2.75) is 45.6 Å².